The zero-order chi connectivity index (χ0) is 17.7. The average Bonchev–Trinajstić information content (AvgIpc) is 2.90. The van der Waals surface area contributed by atoms with Crippen molar-refractivity contribution in [1.29, 1.82) is 5.41 Å². The molecule has 24 heavy (non-hydrogen) atoms. The van der Waals surface area contributed by atoms with Crippen molar-refractivity contribution in [3.8, 4) is 0 Å². The van der Waals surface area contributed by atoms with E-state index in [4.69, 9.17) is 32.2 Å². The number of rotatable bonds is 6. The van der Waals surface area contributed by atoms with E-state index in [1.54, 1.807) is 0 Å². The molecule has 130 valence electrons. The summed E-state index contributed by atoms with van der Waals surface area (Å²) in [6.07, 6.45) is 2.77. The van der Waals surface area contributed by atoms with Crippen LogP contribution in [-0.2, 0) is 6.54 Å². The van der Waals surface area contributed by atoms with Crippen molar-refractivity contribution in [3.05, 3.63) is 18.0 Å². The Morgan fingerprint density at radius 3 is 2.62 bits per heavy atom. The van der Waals surface area contributed by atoms with Gasteiger partial charge in [-0.1, -0.05) is 0 Å². The third-order valence-corrected chi connectivity index (χ3v) is 3.21. The van der Waals surface area contributed by atoms with Gasteiger partial charge in [0, 0.05) is 0 Å². The first-order chi connectivity index (χ1) is 11.5. The quantitative estimate of drug-likeness (QED) is 0.304. The number of dihydropyridines is 1. The zero-order valence-electron chi connectivity index (χ0n) is 12.8. The molecule has 0 saturated heterocycles. The first kappa shape index (κ1) is 17.6. The summed E-state index contributed by atoms with van der Waals surface area (Å²) in [6.45, 7) is -0.529. The van der Waals surface area contributed by atoms with E-state index < -0.39 is 6.04 Å². The molecule has 0 amide bonds. The van der Waals surface area contributed by atoms with E-state index in [9.17, 15) is 0 Å². The third kappa shape index (κ3) is 3.76. The molecule has 0 radical (unpaired) electrons. The molecule has 0 spiro atoms. The number of aromatic nitrogens is 2. The van der Waals surface area contributed by atoms with Gasteiger partial charge in [0.2, 0.25) is 0 Å². The van der Waals surface area contributed by atoms with E-state index in [2.05, 4.69) is 20.4 Å². The Balaban J connectivity index is 2.31. The number of amidine groups is 2. The number of nitrogens with two attached hydrogens (primary N) is 2. The van der Waals surface area contributed by atoms with Crippen LogP contribution in [0.2, 0.25) is 0 Å². The lowest BCUT2D eigenvalue weighted by atomic mass is 10.2. The van der Waals surface area contributed by atoms with Crippen molar-refractivity contribution in [3.63, 3.8) is 0 Å². The summed E-state index contributed by atoms with van der Waals surface area (Å²) in [5, 5.41) is 41.8. The number of hydrogen-bond donors (Lipinski definition) is 7. The summed E-state index contributed by atoms with van der Waals surface area (Å²) >= 11 is 0. The summed E-state index contributed by atoms with van der Waals surface area (Å²) in [5.74, 6) is 0.494. The second kappa shape index (κ2) is 7.68. The highest BCUT2D eigenvalue weighted by Crippen LogP contribution is 2.22. The van der Waals surface area contributed by atoms with Crippen LogP contribution in [0, 0.1) is 5.41 Å². The first-order valence-electron chi connectivity index (χ1n) is 7.14. The van der Waals surface area contributed by atoms with Crippen LogP contribution >= 0.6 is 0 Å². The molecule has 0 fully saturated rings. The molecule has 0 atom stereocenters. The van der Waals surface area contributed by atoms with E-state index >= 15 is 0 Å². The second-order valence-corrected chi connectivity index (χ2v) is 4.98. The number of hydrogen-bond acceptors (Lipinski definition) is 9. The van der Waals surface area contributed by atoms with Gasteiger partial charge < -0.3 is 32.1 Å². The van der Waals surface area contributed by atoms with E-state index in [0.29, 0.717) is 5.69 Å². The molecule has 0 aliphatic carbocycles. The smallest absolute Gasteiger partial charge is 0.178 e. The molecular weight excluding hydrogens is 316 g/mol. The predicted octanol–water partition coefficient (Wildman–Crippen LogP) is -2.30. The van der Waals surface area contributed by atoms with E-state index in [0.717, 1.165) is 0 Å². The largest absolute Gasteiger partial charge is 0.396 e. The van der Waals surface area contributed by atoms with Crippen molar-refractivity contribution < 1.29 is 15.3 Å². The van der Waals surface area contributed by atoms with Gasteiger partial charge in [0.25, 0.3) is 0 Å². The van der Waals surface area contributed by atoms with Crippen molar-refractivity contribution in [1.82, 2.24) is 15.1 Å². The fourth-order valence-electron chi connectivity index (χ4n) is 1.92. The first-order valence-corrected chi connectivity index (χ1v) is 7.14. The summed E-state index contributed by atoms with van der Waals surface area (Å²) in [5.41, 5.74) is 12.2. The molecule has 2 heterocycles. The predicted molar refractivity (Wildman–Crippen MR) is 89.3 cm³/mol. The van der Waals surface area contributed by atoms with Crippen molar-refractivity contribution in [2.45, 2.75) is 12.6 Å². The summed E-state index contributed by atoms with van der Waals surface area (Å²) in [7, 11) is 0. The zero-order valence-corrected chi connectivity index (χ0v) is 12.8. The topological polar surface area (TPSA) is 191 Å². The van der Waals surface area contributed by atoms with Gasteiger partial charge in [0.1, 0.15) is 11.5 Å². The van der Waals surface area contributed by atoms with E-state index in [1.165, 1.54) is 17.0 Å². The lowest BCUT2D eigenvalue weighted by molar-refractivity contribution is 0.184. The Kier molecular flexibility index (Phi) is 5.63. The average molecular weight is 336 g/mol. The number of nitrogen functional groups attached to an aromatic ring is 1. The molecule has 1 aromatic rings. The van der Waals surface area contributed by atoms with Gasteiger partial charge >= 0.3 is 0 Å². The molecule has 2 rings (SSSR count). The van der Waals surface area contributed by atoms with Crippen LogP contribution in [0.15, 0.2) is 28.0 Å². The highest BCUT2D eigenvalue weighted by molar-refractivity contribution is 6.48. The molecule has 0 aromatic carbocycles. The molecule has 0 saturated carbocycles. The maximum atomic E-state index is 9.12. The van der Waals surface area contributed by atoms with Gasteiger partial charge in [-0.25, -0.2) is 14.7 Å². The van der Waals surface area contributed by atoms with Gasteiger partial charge in [-0.3, -0.25) is 5.41 Å². The standard InChI is InChI=1S/C13H20N8O3/c14-8-3-9(15)13(20-12(8)18-7(5-23)6-24)19-10-4-17-21(1-2-22)11(10)16/h3-4,7,14,22-24H,1-2,5-6,15-16H2,(H,18,19,20). The lowest BCUT2D eigenvalue weighted by Gasteiger charge is -2.19. The van der Waals surface area contributed by atoms with Crippen molar-refractivity contribution in [2.24, 2.45) is 15.7 Å². The monoisotopic (exact) mass is 336 g/mol. The minimum Gasteiger partial charge on any atom is -0.396 e. The van der Waals surface area contributed by atoms with Crippen LogP contribution in [0.4, 0.5) is 11.5 Å². The maximum Gasteiger partial charge on any atom is 0.178 e. The molecule has 1 aromatic heterocycles. The SMILES string of the molecule is N=C1C=C(N)/C(=N\c2cnn(CCO)c2N)N=C1NC(CO)CO. The fourth-order valence-corrected chi connectivity index (χ4v) is 1.92. The number of nitrogens with one attached hydrogen (secondary N) is 2. The molecule has 11 nitrogen and oxygen atoms in total. The fraction of sp³-hybridized carbons (Fsp3) is 0.385. The Labute approximate surface area is 137 Å². The second-order valence-electron chi connectivity index (χ2n) is 4.98. The normalized spacial score (nSPS) is 16.5. The molecule has 1 aliphatic rings. The van der Waals surface area contributed by atoms with Gasteiger partial charge in [0.05, 0.1) is 50.0 Å². The van der Waals surface area contributed by atoms with Gasteiger partial charge in [-0.05, 0) is 6.08 Å². The molecule has 1 aliphatic heterocycles. The Morgan fingerprint density at radius 2 is 2.00 bits per heavy atom. The van der Waals surface area contributed by atoms with Gasteiger partial charge in [0.15, 0.2) is 11.7 Å². The molecule has 11 heteroatoms. The minimum atomic E-state index is -0.657. The highest BCUT2D eigenvalue weighted by atomic mass is 16.3. The van der Waals surface area contributed by atoms with Crippen LogP contribution in [0.3, 0.4) is 0 Å². The van der Waals surface area contributed by atoms with Gasteiger partial charge in [-0.2, -0.15) is 5.10 Å². The van der Waals surface area contributed by atoms with Crippen LogP contribution in [0.5, 0.6) is 0 Å². The maximum absolute atomic E-state index is 9.12. The number of aliphatic hydroxyl groups excluding tert-OH is 3. The van der Waals surface area contributed by atoms with Crippen LogP contribution in [-0.4, -0.2) is 68.3 Å². The molecular formula is C13H20N8O3. The summed E-state index contributed by atoms with van der Waals surface area (Å²) < 4.78 is 1.39. The summed E-state index contributed by atoms with van der Waals surface area (Å²) in [4.78, 5) is 8.37. The number of aliphatic hydroxyl groups is 3. The lowest BCUT2D eigenvalue weighted by Crippen LogP contribution is -2.45. The van der Waals surface area contributed by atoms with E-state index in [1.807, 2.05) is 0 Å². The summed E-state index contributed by atoms with van der Waals surface area (Å²) in [6, 6.07) is -0.657. The molecule has 0 unspecified atom stereocenters. The van der Waals surface area contributed by atoms with Gasteiger partial charge in [-0.15, -0.1) is 0 Å². The number of aliphatic imine (C=N–C) groups is 2. The third-order valence-electron chi connectivity index (χ3n) is 3.21. The molecule has 0 bridgehead atoms. The highest BCUT2D eigenvalue weighted by Gasteiger charge is 2.19. The Bertz CT molecular complexity index is 702. The number of nitrogens with zero attached hydrogens (tertiary/aromatic N) is 4. The van der Waals surface area contributed by atoms with Crippen LogP contribution in [0.1, 0.15) is 0 Å². The van der Waals surface area contributed by atoms with E-state index in [-0.39, 0.29) is 55.3 Å². The van der Waals surface area contributed by atoms with Crippen molar-refractivity contribution in [2.75, 3.05) is 25.6 Å². The van der Waals surface area contributed by atoms with Crippen molar-refractivity contribution >= 4 is 28.9 Å². The Morgan fingerprint density at radius 1 is 1.29 bits per heavy atom. The molecule has 9 N–H and O–H groups in total. The number of anilines is 1. The van der Waals surface area contributed by atoms with Crippen LogP contribution < -0.4 is 16.8 Å². The minimum absolute atomic E-state index is 0.00213. The van der Waals surface area contributed by atoms with Crippen LogP contribution in [0.25, 0.3) is 0 Å². The Hall–Kier alpha value is -2.76.